The van der Waals surface area contributed by atoms with Gasteiger partial charge in [-0.15, -0.1) is 0 Å². The van der Waals surface area contributed by atoms with Crippen LogP contribution in [0.1, 0.15) is 11.1 Å². The van der Waals surface area contributed by atoms with Gasteiger partial charge in [-0.3, -0.25) is 0 Å². The maximum Gasteiger partial charge on any atom is 0.126 e. The summed E-state index contributed by atoms with van der Waals surface area (Å²) in [7, 11) is 0. The Morgan fingerprint density at radius 2 is 1.71 bits per heavy atom. The first kappa shape index (κ1) is 16.1. The van der Waals surface area contributed by atoms with Crippen LogP contribution in [-0.4, -0.2) is 23.4 Å². The minimum atomic E-state index is -1.14. The number of rotatable bonds is 5. The summed E-state index contributed by atoms with van der Waals surface area (Å²) >= 11 is 3.26. The molecule has 0 aliphatic carbocycles. The van der Waals surface area contributed by atoms with E-state index in [1.807, 2.05) is 0 Å². The largest absolute Gasteiger partial charge is 0.395 e. The molecule has 0 aromatic heterocycles. The first-order chi connectivity index (χ1) is 10.0. The van der Waals surface area contributed by atoms with Crippen molar-refractivity contribution in [2.75, 3.05) is 13.2 Å². The standard InChI is InChI=1S/C16H15BrF2O2/c17-13-4-5-15(19)11(6-13)8-16(9-20,10-21)12-2-1-3-14(18)7-12/h1-7,20-21H,8-10H2. The van der Waals surface area contributed by atoms with E-state index in [1.165, 1.54) is 24.3 Å². The molecule has 0 spiro atoms. The van der Waals surface area contributed by atoms with Gasteiger partial charge < -0.3 is 10.2 Å². The Bertz CT molecular complexity index is 627. The molecular weight excluding hydrogens is 342 g/mol. The molecule has 112 valence electrons. The number of aliphatic hydroxyl groups is 2. The van der Waals surface area contributed by atoms with Crippen molar-refractivity contribution in [1.29, 1.82) is 0 Å². The van der Waals surface area contributed by atoms with Crippen LogP contribution in [0.2, 0.25) is 0 Å². The summed E-state index contributed by atoms with van der Waals surface area (Å²) in [6, 6.07) is 10.1. The maximum absolute atomic E-state index is 13.9. The van der Waals surface area contributed by atoms with Crippen LogP contribution in [0.15, 0.2) is 46.9 Å². The lowest BCUT2D eigenvalue weighted by Gasteiger charge is -2.31. The van der Waals surface area contributed by atoms with Crippen LogP contribution in [0, 0.1) is 11.6 Å². The zero-order valence-corrected chi connectivity index (χ0v) is 12.8. The van der Waals surface area contributed by atoms with E-state index in [1.54, 1.807) is 18.2 Å². The third-order valence-corrected chi connectivity index (χ3v) is 4.07. The molecule has 0 saturated heterocycles. The van der Waals surface area contributed by atoms with E-state index in [2.05, 4.69) is 15.9 Å². The number of hydrogen-bond acceptors (Lipinski definition) is 2. The zero-order chi connectivity index (χ0) is 15.5. The predicted octanol–water partition coefficient (Wildman–Crippen LogP) is 3.19. The van der Waals surface area contributed by atoms with Gasteiger partial charge in [0, 0.05) is 9.89 Å². The van der Waals surface area contributed by atoms with E-state index in [-0.39, 0.29) is 6.42 Å². The second-order valence-corrected chi connectivity index (χ2v) is 5.94. The molecule has 2 aromatic carbocycles. The van der Waals surface area contributed by atoms with Crippen LogP contribution in [0.4, 0.5) is 8.78 Å². The molecule has 0 atom stereocenters. The van der Waals surface area contributed by atoms with E-state index in [0.29, 0.717) is 15.6 Å². The Kier molecular flexibility index (Phi) is 5.08. The molecule has 2 nitrogen and oxygen atoms in total. The van der Waals surface area contributed by atoms with E-state index < -0.39 is 30.3 Å². The van der Waals surface area contributed by atoms with Crippen LogP contribution >= 0.6 is 15.9 Å². The molecule has 0 aliphatic rings. The third kappa shape index (κ3) is 3.48. The lowest BCUT2D eigenvalue weighted by molar-refractivity contribution is 0.115. The molecule has 0 bridgehead atoms. The monoisotopic (exact) mass is 356 g/mol. The summed E-state index contributed by atoms with van der Waals surface area (Å²) in [4.78, 5) is 0. The van der Waals surface area contributed by atoms with Crippen molar-refractivity contribution in [3.8, 4) is 0 Å². The van der Waals surface area contributed by atoms with Crippen LogP contribution in [0.5, 0.6) is 0 Å². The minimum absolute atomic E-state index is 0.0642. The molecule has 2 aromatic rings. The Balaban J connectivity index is 2.45. The first-order valence-electron chi connectivity index (χ1n) is 6.42. The summed E-state index contributed by atoms with van der Waals surface area (Å²) in [5.74, 6) is -0.894. The Labute approximate surface area is 130 Å². The zero-order valence-electron chi connectivity index (χ0n) is 11.2. The summed E-state index contributed by atoms with van der Waals surface area (Å²) in [5, 5.41) is 19.5. The highest BCUT2D eigenvalue weighted by Crippen LogP contribution is 2.30. The van der Waals surface area contributed by atoms with Crippen LogP contribution < -0.4 is 0 Å². The van der Waals surface area contributed by atoms with Gasteiger partial charge in [-0.05, 0) is 47.9 Å². The average molecular weight is 357 g/mol. The van der Waals surface area contributed by atoms with Crippen molar-refractivity contribution in [3.05, 3.63) is 69.7 Å². The minimum Gasteiger partial charge on any atom is -0.395 e. The fraction of sp³-hybridized carbons (Fsp3) is 0.250. The highest BCUT2D eigenvalue weighted by molar-refractivity contribution is 9.10. The highest BCUT2D eigenvalue weighted by atomic mass is 79.9. The number of hydrogen-bond donors (Lipinski definition) is 2. The highest BCUT2D eigenvalue weighted by Gasteiger charge is 2.32. The van der Waals surface area contributed by atoms with Crippen molar-refractivity contribution in [2.24, 2.45) is 0 Å². The quantitative estimate of drug-likeness (QED) is 0.863. The molecule has 2 N–H and O–H groups in total. The SMILES string of the molecule is OCC(CO)(Cc1cc(Br)ccc1F)c1cccc(F)c1. The van der Waals surface area contributed by atoms with Crippen molar-refractivity contribution in [1.82, 2.24) is 0 Å². The molecule has 0 saturated carbocycles. The summed E-state index contributed by atoms with van der Waals surface area (Å²) < 4.78 is 28.0. The Morgan fingerprint density at radius 3 is 2.33 bits per heavy atom. The van der Waals surface area contributed by atoms with Gasteiger partial charge in [-0.2, -0.15) is 0 Å². The average Bonchev–Trinajstić information content (AvgIpc) is 2.48. The summed E-state index contributed by atoms with van der Waals surface area (Å²) in [5.41, 5.74) is -0.354. The fourth-order valence-corrected chi connectivity index (χ4v) is 2.72. The second-order valence-electron chi connectivity index (χ2n) is 5.02. The molecule has 21 heavy (non-hydrogen) atoms. The predicted molar refractivity (Wildman–Crippen MR) is 80.1 cm³/mol. The smallest absolute Gasteiger partial charge is 0.126 e. The molecule has 0 heterocycles. The lowest BCUT2D eigenvalue weighted by Crippen LogP contribution is -2.37. The number of benzene rings is 2. The Hall–Kier alpha value is -1.30. The van der Waals surface area contributed by atoms with Crippen LogP contribution in [0.3, 0.4) is 0 Å². The van der Waals surface area contributed by atoms with Gasteiger partial charge in [-0.1, -0.05) is 28.1 Å². The third-order valence-electron chi connectivity index (χ3n) is 3.58. The number of halogens is 3. The summed E-state index contributed by atoms with van der Waals surface area (Å²) in [6.07, 6.45) is 0.0642. The van der Waals surface area contributed by atoms with Gasteiger partial charge in [0.15, 0.2) is 0 Å². The molecule has 2 rings (SSSR count). The normalized spacial score (nSPS) is 11.7. The topological polar surface area (TPSA) is 40.5 Å². The molecular formula is C16H15BrF2O2. The van der Waals surface area contributed by atoms with Crippen molar-refractivity contribution in [3.63, 3.8) is 0 Å². The van der Waals surface area contributed by atoms with E-state index in [0.717, 1.165) is 0 Å². The van der Waals surface area contributed by atoms with Gasteiger partial charge in [0.2, 0.25) is 0 Å². The molecule has 0 fully saturated rings. The Morgan fingerprint density at radius 1 is 1.00 bits per heavy atom. The van der Waals surface area contributed by atoms with Crippen molar-refractivity contribution < 1.29 is 19.0 Å². The van der Waals surface area contributed by atoms with Gasteiger partial charge >= 0.3 is 0 Å². The molecule has 5 heteroatoms. The molecule has 0 unspecified atom stereocenters. The lowest BCUT2D eigenvalue weighted by atomic mass is 9.76. The van der Waals surface area contributed by atoms with E-state index >= 15 is 0 Å². The van der Waals surface area contributed by atoms with Gasteiger partial charge in [-0.25, -0.2) is 8.78 Å². The van der Waals surface area contributed by atoms with E-state index in [4.69, 9.17) is 0 Å². The number of aliphatic hydroxyl groups excluding tert-OH is 2. The summed E-state index contributed by atoms with van der Waals surface area (Å²) in [6.45, 7) is -0.836. The van der Waals surface area contributed by atoms with Crippen molar-refractivity contribution in [2.45, 2.75) is 11.8 Å². The van der Waals surface area contributed by atoms with Gasteiger partial charge in [0.25, 0.3) is 0 Å². The van der Waals surface area contributed by atoms with E-state index in [9.17, 15) is 19.0 Å². The first-order valence-corrected chi connectivity index (χ1v) is 7.22. The van der Waals surface area contributed by atoms with Gasteiger partial charge in [0.1, 0.15) is 11.6 Å². The van der Waals surface area contributed by atoms with Crippen LogP contribution in [0.25, 0.3) is 0 Å². The second kappa shape index (κ2) is 6.64. The molecule has 0 radical (unpaired) electrons. The van der Waals surface area contributed by atoms with Crippen LogP contribution in [-0.2, 0) is 11.8 Å². The van der Waals surface area contributed by atoms with Crippen molar-refractivity contribution >= 4 is 15.9 Å². The molecule has 0 amide bonds. The molecule has 0 aliphatic heterocycles. The fourth-order valence-electron chi connectivity index (χ4n) is 2.31. The maximum atomic E-state index is 13.9. The van der Waals surface area contributed by atoms with Gasteiger partial charge in [0.05, 0.1) is 13.2 Å².